The van der Waals surface area contributed by atoms with Crippen molar-refractivity contribution in [3.63, 3.8) is 0 Å². The maximum atomic E-state index is 12.7. The van der Waals surface area contributed by atoms with Crippen LogP contribution in [0, 0.1) is 0 Å². The number of urea groups is 1. The lowest BCUT2D eigenvalue weighted by Crippen LogP contribution is -2.39. The first-order valence-corrected chi connectivity index (χ1v) is 9.58. The van der Waals surface area contributed by atoms with E-state index in [1.54, 1.807) is 47.4 Å². The molecule has 2 aromatic carbocycles. The van der Waals surface area contributed by atoms with Crippen LogP contribution in [0.25, 0.3) is 0 Å². The van der Waals surface area contributed by atoms with Gasteiger partial charge in [0.15, 0.2) is 0 Å². The summed E-state index contributed by atoms with van der Waals surface area (Å²) in [6.07, 6.45) is 1.61. The largest absolute Gasteiger partial charge is 0.349 e. The van der Waals surface area contributed by atoms with Crippen LogP contribution in [0.1, 0.15) is 29.8 Å². The molecule has 2 N–H and O–H groups in total. The maximum Gasteiger partial charge on any atom is 0.322 e. The lowest BCUT2D eigenvalue weighted by Gasteiger charge is -2.27. The third kappa shape index (κ3) is 6.01. The van der Waals surface area contributed by atoms with Gasteiger partial charge in [0.2, 0.25) is 0 Å². The molecular weight excluding hydrogens is 397 g/mol. The highest BCUT2D eigenvalue weighted by Gasteiger charge is 2.18. The van der Waals surface area contributed by atoms with E-state index >= 15 is 0 Å². The number of nitrogens with one attached hydrogen (secondary N) is 2. The average Bonchev–Trinajstić information content (AvgIpc) is 2.67. The number of carbonyl (C=O) groups is 2. The van der Waals surface area contributed by atoms with Crippen molar-refractivity contribution in [1.82, 2.24) is 10.2 Å². The molecule has 5 nitrogen and oxygen atoms in total. The van der Waals surface area contributed by atoms with Crippen LogP contribution in [0.15, 0.2) is 55.1 Å². The molecule has 2 rings (SSSR count). The summed E-state index contributed by atoms with van der Waals surface area (Å²) in [7, 11) is 0. The summed E-state index contributed by atoms with van der Waals surface area (Å²) in [5.41, 5.74) is 1.99. The highest BCUT2D eigenvalue weighted by Crippen LogP contribution is 2.24. The van der Waals surface area contributed by atoms with Gasteiger partial charge in [0.05, 0.1) is 10.0 Å². The van der Waals surface area contributed by atoms with Gasteiger partial charge in [-0.25, -0.2) is 4.79 Å². The molecule has 0 spiro atoms. The first kappa shape index (κ1) is 21.8. The molecule has 0 unspecified atom stereocenters. The number of rotatable bonds is 7. The Balaban J connectivity index is 2.06. The topological polar surface area (TPSA) is 61.4 Å². The van der Waals surface area contributed by atoms with E-state index in [9.17, 15) is 9.59 Å². The molecule has 0 aliphatic rings. The number of benzene rings is 2. The van der Waals surface area contributed by atoms with E-state index in [0.717, 1.165) is 5.56 Å². The summed E-state index contributed by atoms with van der Waals surface area (Å²) in [6, 6.07) is 11.7. The first-order chi connectivity index (χ1) is 13.3. The first-order valence-electron chi connectivity index (χ1n) is 8.82. The lowest BCUT2D eigenvalue weighted by molar-refractivity contribution is 0.0958. The van der Waals surface area contributed by atoms with E-state index in [1.807, 2.05) is 19.9 Å². The van der Waals surface area contributed by atoms with Crippen molar-refractivity contribution in [2.45, 2.75) is 26.4 Å². The van der Waals surface area contributed by atoms with Gasteiger partial charge in [-0.2, -0.15) is 0 Å². The van der Waals surface area contributed by atoms with Crippen LogP contribution < -0.4 is 10.6 Å². The smallest absolute Gasteiger partial charge is 0.322 e. The normalized spacial score (nSPS) is 10.5. The number of hydrogen-bond acceptors (Lipinski definition) is 2. The minimum Gasteiger partial charge on any atom is -0.349 e. The summed E-state index contributed by atoms with van der Waals surface area (Å²) < 4.78 is 0. The second kappa shape index (κ2) is 10.2. The summed E-state index contributed by atoms with van der Waals surface area (Å²) >= 11 is 12.0. The Kier molecular flexibility index (Phi) is 7.91. The number of carbonyl (C=O) groups excluding carboxylic acids is 2. The fourth-order valence-corrected chi connectivity index (χ4v) is 2.81. The zero-order chi connectivity index (χ0) is 20.7. The van der Waals surface area contributed by atoms with Gasteiger partial charge in [0.25, 0.3) is 5.91 Å². The van der Waals surface area contributed by atoms with E-state index in [1.165, 1.54) is 0 Å². The van der Waals surface area contributed by atoms with Crippen LogP contribution in [0.5, 0.6) is 0 Å². The van der Waals surface area contributed by atoms with Crippen molar-refractivity contribution in [3.8, 4) is 0 Å². The highest BCUT2D eigenvalue weighted by molar-refractivity contribution is 6.42. The Bertz CT molecular complexity index is 851. The van der Waals surface area contributed by atoms with Gasteiger partial charge in [-0.3, -0.25) is 4.79 Å². The van der Waals surface area contributed by atoms with Gasteiger partial charge in [-0.05, 0) is 55.8 Å². The van der Waals surface area contributed by atoms with E-state index in [0.29, 0.717) is 34.4 Å². The van der Waals surface area contributed by atoms with Gasteiger partial charge < -0.3 is 15.5 Å². The second-order valence-electron chi connectivity index (χ2n) is 6.48. The van der Waals surface area contributed by atoms with Crippen molar-refractivity contribution < 1.29 is 9.59 Å². The Morgan fingerprint density at radius 3 is 2.36 bits per heavy atom. The molecule has 0 radical (unpaired) electrons. The van der Waals surface area contributed by atoms with Gasteiger partial charge in [-0.1, -0.05) is 35.3 Å². The van der Waals surface area contributed by atoms with Crippen molar-refractivity contribution in [1.29, 1.82) is 0 Å². The number of anilines is 1. The molecule has 0 fully saturated rings. The molecule has 7 heteroatoms. The number of hydrogen-bond donors (Lipinski definition) is 2. The zero-order valence-corrected chi connectivity index (χ0v) is 17.3. The molecule has 0 bridgehead atoms. The third-order valence-corrected chi connectivity index (χ3v) is 4.77. The predicted molar refractivity (Wildman–Crippen MR) is 115 cm³/mol. The standard InChI is InChI=1S/C21H23Cl2N3O2/c1-4-11-24-20(27)16-6-8-17(9-7-16)25-21(28)26(14(2)3)13-15-5-10-18(22)19(23)12-15/h4-10,12,14H,1,11,13H2,2-3H3,(H,24,27)(H,25,28). The number of halogens is 2. The van der Waals surface area contributed by atoms with Crippen LogP contribution in [-0.4, -0.2) is 29.4 Å². The molecule has 0 aliphatic heterocycles. The van der Waals surface area contributed by atoms with E-state index in [2.05, 4.69) is 17.2 Å². The minimum absolute atomic E-state index is 0.0293. The average molecular weight is 420 g/mol. The SMILES string of the molecule is C=CCNC(=O)c1ccc(NC(=O)N(Cc2ccc(Cl)c(Cl)c2)C(C)C)cc1. The van der Waals surface area contributed by atoms with Gasteiger partial charge in [-0.15, -0.1) is 6.58 Å². The van der Waals surface area contributed by atoms with E-state index in [-0.39, 0.29) is 18.0 Å². The van der Waals surface area contributed by atoms with Crippen LogP contribution >= 0.6 is 23.2 Å². The van der Waals surface area contributed by atoms with Crippen LogP contribution in [0.3, 0.4) is 0 Å². The highest BCUT2D eigenvalue weighted by atomic mass is 35.5. The van der Waals surface area contributed by atoms with Crippen LogP contribution in [0.4, 0.5) is 10.5 Å². The monoisotopic (exact) mass is 419 g/mol. The maximum absolute atomic E-state index is 12.7. The fourth-order valence-electron chi connectivity index (χ4n) is 2.49. The Morgan fingerprint density at radius 2 is 1.79 bits per heavy atom. The Hall–Kier alpha value is -2.50. The van der Waals surface area contributed by atoms with Crippen molar-refractivity contribution >= 4 is 40.8 Å². The van der Waals surface area contributed by atoms with Gasteiger partial charge >= 0.3 is 6.03 Å². The summed E-state index contributed by atoms with van der Waals surface area (Å²) in [4.78, 5) is 26.3. The summed E-state index contributed by atoms with van der Waals surface area (Å²) in [5, 5.41) is 6.49. The van der Waals surface area contributed by atoms with Crippen LogP contribution in [-0.2, 0) is 6.54 Å². The van der Waals surface area contributed by atoms with Gasteiger partial charge in [0.1, 0.15) is 0 Å². The second-order valence-corrected chi connectivity index (χ2v) is 7.29. The quantitative estimate of drug-likeness (QED) is 0.593. The molecule has 148 valence electrons. The van der Waals surface area contributed by atoms with Crippen molar-refractivity contribution in [2.75, 3.05) is 11.9 Å². The van der Waals surface area contributed by atoms with E-state index < -0.39 is 0 Å². The molecule has 2 aromatic rings. The van der Waals surface area contributed by atoms with Crippen LogP contribution in [0.2, 0.25) is 10.0 Å². The van der Waals surface area contributed by atoms with E-state index in [4.69, 9.17) is 23.2 Å². The molecule has 0 saturated heterocycles. The molecule has 0 aliphatic carbocycles. The molecule has 3 amide bonds. The number of nitrogens with zero attached hydrogens (tertiary/aromatic N) is 1. The molecular formula is C21H23Cl2N3O2. The molecule has 0 atom stereocenters. The minimum atomic E-state index is -0.245. The predicted octanol–water partition coefficient (Wildman–Crippen LogP) is 5.35. The Morgan fingerprint density at radius 1 is 1.11 bits per heavy atom. The molecule has 0 aromatic heterocycles. The molecule has 28 heavy (non-hydrogen) atoms. The lowest BCUT2D eigenvalue weighted by atomic mass is 10.2. The zero-order valence-electron chi connectivity index (χ0n) is 15.8. The molecule has 0 saturated carbocycles. The third-order valence-electron chi connectivity index (χ3n) is 4.03. The number of amides is 3. The Labute approximate surface area is 175 Å². The van der Waals surface area contributed by atoms with Crippen molar-refractivity contribution in [2.24, 2.45) is 0 Å². The molecule has 0 heterocycles. The summed E-state index contributed by atoms with van der Waals surface area (Å²) in [5.74, 6) is -0.193. The van der Waals surface area contributed by atoms with Gasteiger partial charge in [0, 0.05) is 30.4 Å². The fraction of sp³-hybridized carbons (Fsp3) is 0.238. The summed E-state index contributed by atoms with van der Waals surface area (Å²) in [6.45, 7) is 8.22. The van der Waals surface area contributed by atoms with Crippen molar-refractivity contribution in [3.05, 3.63) is 76.3 Å².